The van der Waals surface area contributed by atoms with E-state index in [2.05, 4.69) is 0 Å². The van der Waals surface area contributed by atoms with Crippen LogP contribution in [0.1, 0.15) is 13.8 Å². The van der Waals surface area contributed by atoms with Crippen molar-refractivity contribution in [3.63, 3.8) is 0 Å². The lowest BCUT2D eigenvalue weighted by molar-refractivity contribution is -0.143. The van der Waals surface area contributed by atoms with Crippen LogP contribution < -0.4 is 0 Å². The van der Waals surface area contributed by atoms with E-state index in [9.17, 15) is 19.2 Å². The van der Waals surface area contributed by atoms with Crippen LogP contribution in [0.25, 0.3) is 0 Å². The number of hydrogen-bond donors (Lipinski definition) is 0. The molecule has 0 aromatic heterocycles. The maximum atomic E-state index is 11.3. The molecular formula is C9H12N2O4. The first-order chi connectivity index (χ1) is 6.86. The Balaban J connectivity index is 2.80. The van der Waals surface area contributed by atoms with Gasteiger partial charge in [-0.3, -0.25) is 19.3 Å². The zero-order valence-corrected chi connectivity index (χ0v) is 8.81. The number of likely N-dealkylation sites (N-methyl/N-ethyl adjacent to an activating group) is 1. The predicted octanol–water partition coefficient (Wildman–Crippen LogP) is -0.368. The Morgan fingerprint density at radius 1 is 1.20 bits per heavy atom. The Labute approximate surface area is 86.8 Å². The van der Waals surface area contributed by atoms with E-state index in [0.29, 0.717) is 9.80 Å². The van der Waals surface area contributed by atoms with Crippen LogP contribution in [0.5, 0.6) is 0 Å². The molecule has 0 saturated carbocycles. The van der Waals surface area contributed by atoms with Gasteiger partial charge >= 0.3 is 17.8 Å². The fourth-order valence-electron chi connectivity index (χ4n) is 1.09. The molecule has 6 nitrogen and oxygen atoms in total. The summed E-state index contributed by atoms with van der Waals surface area (Å²) in [4.78, 5) is 46.4. The molecule has 1 fully saturated rings. The van der Waals surface area contributed by atoms with E-state index in [1.807, 2.05) is 0 Å². The van der Waals surface area contributed by atoms with Gasteiger partial charge in [0.25, 0.3) is 0 Å². The number of nitrogens with zero attached hydrogens (tertiary/aromatic N) is 2. The number of Topliss-reactive ketones (excluding diaryl/α,β-unsaturated/α-hetero) is 1. The van der Waals surface area contributed by atoms with E-state index in [0.717, 1.165) is 0 Å². The van der Waals surface area contributed by atoms with Gasteiger partial charge in [-0.2, -0.15) is 0 Å². The molecule has 0 aromatic carbocycles. The predicted molar refractivity (Wildman–Crippen MR) is 49.7 cm³/mol. The summed E-state index contributed by atoms with van der Waals surface area (Å²) >= 11 is 0. The summed E-state index contributed by atoms with van der Waals surface area (Å²) in [7, 11) is 1.21. The van der Waals surface area contributed by atoms with Crippen molar-refractivity contribution in [2.75, 3.05) is 13.6 Å². The van der Waals surface area contributed by atoms with E-state index < -0.39 is 17.8 Å². The largest absolute Gasteiger partial charge is 0.334 e. The molecule has 0 atom stereocenters. The van der Waals surface area contributed by atoms with Gasteiger partial charge in [-0.25, -0.2) is 9.69 Å². The maximum Gasteiger partial charge on any atom is 0.334 e. The van der Waals surface area contributed by atoms with Gasteiger partial charge in [-0.05, 0) is 0 Å². The molecular weight excluding hydrogens is 200 g/mol. The average Bonchev–Trinajstić information content (AvgIpc) is 2.35. The Bertz CT molecular complexity index is 348. The van der Waals surface area contributed by atoms with Gasteiger partial charge in [0.15, 0.2) is 5.78 Å². The van der Waals surface area contributed by atoms with E-state index in [1.165, 1.54) is 7.05 Å². The lowest BCUT2D eigenvalue weighted by atomic mass is 10.1. The summed E-state index contributed by atoms with van der Waals surface area (Å²) in [5.41, 5.74) is 0. The van der Waals surface area contributed by atoms with Crippen LogP contribution in [0.3, 0.4) is 0 Å². The van der Waals surface area contributed by atoms with Crippen molar-refractivity contribution >= 4 is 23.6 Å². The van der Waals surface area contributed by atoms with Gasteiger partial charge in [-0.1, -0.05) is 13.8 Å². The molecule has 0 bridgehead atoms. The third-order valence-electron chi connectivity index (χ3n) is 2.21. The summed E-state index contributed by atoms with van der Waals surface area (Å²) in [6, 6.07) is -0.737. The molecule has 82 valence electrons. The van der Waals surface area contributed by atoms with Crippen LogP contribution in [0.15, 0.2) is 0 Å². The number of ketones is 1. The fourth-order valence-corrected chi connectivity index (χ4v) is 1.09. The van der Waals surface area contributed by atoms with E-state index in [4.69, 9.17) is 0 Å². The number of urea groups is 1. The van der Waals surface area contributed by atoms with Crippen LogP contribution in [0, 0.1) is 5.92 Å². The van der Waals surface area contributed by atoms with Crippen LogP contribution in [0.2, 0.25) is 0 Å². The van der Waals surface area contributed by atoms with E-state index in [-0.39, 0.29) is 18.2 Å². The molecule has 6 heteroatoms. The SMILES string of the molecule is CC(C)C(=O)CN1C(=O)C(=O)N(C)C1=O. The molecule has 1 saturated heterocycles. The maximum absolute atomic E-state index is 11.3. The molecule has 0 aliphatic carbocycles. The zero-order valence-electron chi connectivity index (χ0n) is 8.81. The average molecular weight is 212 g/mol. The third-order valence-corrected chi connectivity index (χ3v) is 2.21. The minimum absolute atomic E-state index is 0.250. The molecule has 1 heterocycles. The van der Waals surface area contributed by atoms with Gasteiger partial charge in [0.1, 0.15) is 0 Å². The highest BCUT2D eigenvalue weighted by Crippen LogP contribution is 2.10. The number of hydrogen-bond acceptors (Lipinski definition) is 4. The molecule has 0 N–H and O–H groups in total. The molecule has 1 aliphatic rings. The van der Waals surface area contributed by atoms with Crippen LogP contribution in [-0.4, -0.2) is 47.0 Å². The second-order valence-corrected chi connectivity index (χ2v) is 3.66. The Kier molecular flexibility index (Phi) is 2.88. The third kappa shape index (κ3) is 1.88. The second-order valence-electron chi connectivity index (χ2n) is 3.66. The van der Waals surface area contributed by atoms with Gasteiger partial charge < -0.3 is 0 Å². The zero-order chi connectivity index (χ0) is 11.7. The molecule has 0 spiro atoms. The molecule has 0 unspecified atom stereocenters. The summed E-state index contributed by atoms with van der Waals surface area (Å²) < 4.78 is 0. The molecule has 1 aliphatic heterocycles. The van der Waals surface area contributed by atoms with Crippen molar-refractivity contribution in [1.82, 2.24) is 9.80 Å². The van der Waals surface area contributed by atoms with E-state index >= 15 is 0 Å². The minimum Gasteiger partial charge on any atom is -0.297 e. The summed E-state index contributed by atoms with van der Waals surface area (Å²) in [5, 5.41) is 0. The first-order valence-electron chi connectivity index (χ1n) is 4.52. The van der Waals surface area contributed by atoms with Gasteiger partial charge in [-0.15, -0.1) is 0 Å². The highest BCUT2D eigenvalue weighted by Gasteiger charge is 2.42. The number of amides is 4. The van der Waals surface area contributed by atoms with Crippen molar-refractivity contribution in [2.24, 2.45) is 5.92 Å². The number of imide groups is 2. The van der Waals surface area contributed by atoms with Crippen molar-refractivity contribution in [2.45, 2.75) is 13.8 Å². The molecule has 0 aromatic rings. The quantitative estimate of drug-likeness (QED) is 0.472. The van der Waals surface area contributed by atoms with Crippen LogP contribution >= 0.6 is 0 Å². The summed E-state index contributed by atoms with van der Waals surface area (Å²) in [6.07, 6.45) is 0. The topological polar surface area (TPSA) is 74.8 Å². The lowest BCUT2D eigenvalue weighted by Crippen LogP contribution is -2.37. The van der Waals surface area contributed by atoms with Crippen LogP contribution in [0.4, 0.5) is 4.79 Å². The fraction of sp³-hybridized carbons (Fsp3) is 0.556. The van der Waals surface area contributed by atoms with Crippen molar-refractivity contribution in [3.8, 4) is 0 Å². The summed E-state index contributed by atoms with van der Waals surface area (Å²) in [5.74, 6) is -2.35. The molecule has 0 radical (unpaired) electrons. The Morgan fingerprint density at radius 2 is 1.73 bits per heavy atom. The minimum atomic E-state index is -0.934. The second kappa shape index (κ2) is 3.80. The Morgan fingerprint density at radius 3 is 2.07 bits per heavy atom. The summed E-state index contributed by atoms with van der Waals surface area (Å²) in [6.45, 7) is 3.00. The number of carbonyl (C=O) groups is 4. The first kappa shape index (κ1) is 11.4. The normalized spacial score (nSPS) is 16.9. The highest BCUT2D eigenvalue weighted by molar-refractivity contribution is 6.44. The first-order valence-corrected chi connectivity index (χ1v) is 4.52. The van der Waals surface area contributed by atoms with Crippen LogP contribution in [-0.2, 0) is 14.4 Å². The van der Waals surface area contributed by atoms with Crippen molar-refractivity contribution in [3.05, 3.63) is 0 Å². The molecule has 1 rings (SSSR count). The van der Waals surface area contributed by atoms with Gasteiger partial charge in [0, 0.05) is 13.0 Å². The standard InChI is InChI=1S/C9H12N2O4/c1-5(2)6(12)4-11-8(14)7(13)10(3)9(11)15/h5H,4H2,1-3H3. The molecule has 15 heavy (non-hydrogen) atoms. The van der Waals surface area contributed by atoms with Gasteiger partial charge in [0.2, 0.25) is 0 Å². The van der Waals surface area contributed by atoms with Crippen molar-refractivity contribution in [1.29, 1.82) is 0 Å². The Hall–Kier alpha value is -1.72. The van der Waals surface area contributed by atoms with Gasteiger partial charge in [0.05, 0.1) is 6.54 Å². The van der Waals surface area contributed by atoms with Crippen molar-refractivity contribution < 1.29 is 19.2 Å². The molecule has 4 amide bonds. The monoisotopic (exact) mass is 212 g/mol. The lowest BCUT2D eigenvalue weighted by Gasteiger charge is -2.12. The smallest absolute Gasteiger partial charge is 0.297 e. The highest BCUT2D eigenvalue weighted by atomic mass is 16.2. The number of carbonyl (C=O) groups excluding carboxylic acids is 4. The van der Waals surface area contributed by atoms with E-state index in [1.54, 1.807) is 13.8 Å². The number of rotatable bonds is 3.